The fourth-order valence-electron chi connectivity index (χ4n) is 8.95. The molecule has 2 N–H and O–H groups in total. The molecule has 2 saturated heterocycles. The van der Waals surface area contributed by atoms with Crippen LogP contribution in [0.3, 0.4) is 0 Å². The van der Waals surface area contributed by atoms with E-state index in [1.54, 1.807) is 0 Å². The number of amides is 4. The van der Waals surface area contributed by atoms with Gasteiger partial charge in [0.2, 0.25) is 11.8 Å². The Hall–Kier alpha value is -5.87. The van der Waals surface area contributed by atoms with Crippen LogP contribution in [0.15, 0.2) is 59.1 Å². The number of likely N-dealkylation sites (tertiary alicyclic amines) is 1. The third-order valence-corrected chi connectivity index (χ3v) is 12.5. The summed E-state index contributed by atoms with van der Waals surface area (Å²) in [5.41, 5.74) is 7.08. The van der Waals surface area contributed by atoms with Gasteiger partial charge in [-0.1, -0.05) is 29.4 Å². The monoisotopic (exact) mass is 755 g/mol. The summed E-state index contributed by atoms with van der Waals surface area (Å²) < 4.78 is 20.8. The van der Waals surface area contributed by atoms with Gasteiger partial charge in [-0.2, -0.15) is 5.26 Å². The van der Waals surface area contributed by atoms with Crippen LogP contribution in [0.25, 0.3) is 11.1 Å². The molecule has 286 valence electrons. The van der Waals surface area contributed by atoms with Crippen LogP contribution in [-0.4, -0.2) is 76.3 Å². The molecule has 0 unspecified atom stereocenters. The van der Waals surface area contributed by atoms with E-state index in [0.29, 0.717) is 12.0 Å². The van der Waals surface area contributed by atoms with Gasteiger partial charge in [-0.25, -0.2) is 4.39 Å². The van der Waals surface area contributed by atoms with E-state index in [2.05, 4.69) is 81.0 Å². The second kappa shape index (κ2) is 13.4. The van der Waals surface area contributed by atoms with E-state index in [4.69, 9.17) is 4.52 Å². The maximum Gasteiger partial charge on any atom is 0.262 e. The zero-order chi connectivity index (χ0) is 39.0. The van der Waals surface area contributed by atoms with E-state index in [1.807, 2.05) is 13.8 Å². The molecular formula is C43H42FN7O5. The van der Waals surface area contributed by atoms with Crippen molar-refractivity contribution in [1.82, 2.24) is 20.3 Å². The highest BCUT2D eigenvalue weighted by molar-refractivity contribution is 6.23. The number of imide groups is 2. The predicted octanol–water partition coefficient (Wildman–Crippen LogP) is 6.08. The number of carbonyl (C=O) groups excluding carboxylic acids is 4. The molecule has 56 heavy (non-hydrogen) atoms. The van der Waals surface area contributed by atoms with E-state index in [0.717, 1.165) is 101 Å². The van der Waals surface area contributed by atoms with Crippen LogP contribution in [-0.2, 0) is 15.0 Å². The maximum atomic E-state index is 15.3. The molecule has 0 spiro atoms. The molecule has 2 saturated carbocycles. The first-order chi connectivity index (χ1) is 26.9. The van der Waals surface area contributed by atoms with Crippen molar-refractivity contribution in [2.45, 2.75) is 82.8 Å². The second-order valence-electron chi connectivity index (χ2n) is 16.2. The number of carbonyl (C=O) groups is 4. The van der Waals surface area contributed by atoms with Crippen molar-refractivity contribution in [2.24, 2.45) is 5.92 Å². The van der Waals surface area contributed by atoms with Gasteiger partial charge in [0.25, 0.3) is 11.8 Å². The van der Waals surface area contributed by atoms with Crippen molar-refractivity contribution >= 4 is 40.7 Å². The summed E-state index contributed by atoms with van der Waals surface area (Å²) in [5, 5.41) is 19.4. The number of benzene rings is 3. The van der Waals surface area contributed by atoms with Gasteiger partial charge in [0, 0.05) is 61.0 Å². The average molecular weight is 756 g/mol. The summed E-state index contributed by atoms with van der Waals surface area (Å²) in [6.45, 7) is 8.67. The number of halogens is 1. The molecule has 13 heteroatoms. The summed E-state index contributed by atoms with van der Waals surface area (Å²) in [6.07, 6.45) is 3.46. The van der Waals surface area contributed by atoms with Crippen LogP contribution in [0.2, 0.25) is 0 Å². The lowest BCUT2D eigenvalue weighted by Crippen LogP contribution is -2.60. The first kappa shape index (κ1) is 35.8. The number of hydrogen-bond donors (Lipinski definition) is 2. The molecule has 1 aromatic heterocycles. The number of nitrogens with one attached hydrogen (secondary N) is 2. The van der Waals surface area contributed by atoms with Crippen LogP contribution in [0, 0.1) is 43.8 Å². The van der Waals surface area contributed by atoms with Crippen LogP contribution in [0.5, 0.6) is 0 Å². The molecule has 4 fully saturated rings. The largest absolute Gasteiger partial charge is 0.380 e. The lowest BCUT2D eigenvalue weighted by Gasteiger charge is -2.52. The Labute approximate surface area is 323 Å². The molecule has 2 aliphatic carbocycles. The van der Waals surface area contributed by atoms with Crippen molar-refractivity contribution in [2.75, 3.05) is 29.9 Å². The van der Waals surface area contributed by atoms with E-state index in [1.165, 1.54) is 6.07 Å². The Balaban J connectivity index is 0.861. The molecule has 4 heterocycles. The molecule has 0 radical (unpaired) electrons. The third kappa shape index (κ3) is 6.03. The van der Waals surface area contributed by atoms with Gasteiger partial charge in [0.1, 0.15) is 17.6 Å². The van der Waals surface area contributed by atoms with E-state index >= 15 is 4.39 Å². The number of nitriles is 1. The predicted molar refractivity (Wildman–Crippen MR) is 205 cm³/mol. The number of aryl methyl sites for hydroxylation is 3. The Kier molecular flexibility index (Phi) is 8.57. The van der Waals surface area contributed by atoms with Crippen LogP contribution < -0.4 is 15.5 Å². The highest BCUT2D eigenvalue weighted by Gasteiger charge is 2.47. The Bertz CT molecular complexity index is 2330. The fourth-order valence-corrected chi connectivity index (χ4v) is 8.95. The number of nitrogens with zero attached hydrogens (tertiary/aromatic N) is 5. The number of piperidine rings is 1. The summed E-state index contributed by atoms with van der Waals surface area (Å²) in [7, 11) is 0. The fraction of sp³-hybridized carbons (Fsp3) is 0.395. The molecule has 3 aromatic carbocycles. The molecule has 5 aliphatic rings. The smallest absolute Gasteiger partial charge is 0.262 e. The van der Waals surface area contributed by atoms with Gasteiger partial charge in [0.15, 0.2) is 0 Å². The molecule has 1 atom stereocenters. The molecule has 0 bridgehead atoms. The van der Waals surface area contributed by atoms with Crippen molar-refractivity contribution in [3.05, 3.63) is 94.1 Å². The summed E-state index contributed by atoms with van der Waals surface area (Å²) in [4.78, 5) is 56.1. The Morgan fingerprint density at radius 2 is 1.71 bits per heavy atom. The van der Waals surface area contributed by atoms with Crippen LogP contribution in [0.1, 0.15) is 81.8 Å². The number of rotatable bonds is 10. The Morgan fingerprint density at radius 3 is 2.36 bits per heavy atom. The lowest BCUT2D eigenvalue weighted by atomic mass is 9.81. The number of anilines is 3. The van der Waals surface area contributed by atoms with Crippen LogP contribution in [0.4, 0.5) is 21.5 Å². The molecule has 12 nitrogen and oxygen atoms in total. The van der Waals surface area contributed by atoms with E-state index in [-0.39, 0.29) is 41.1 Å². The van der Waals surface area contributed by atoms with E-state index in [9.17, 15) is 24.4 Å². The maximum absolute atomic E-state index is 15.3. The average Bonchev–Trinajstić information content (AvgIpc) is 3.83. The van der Waals surface area contributed by atoms with Crippen molar-refractivity contribution in [3.63, 3.8) is 0 Å². The van der Waals surface area contributed by atoms with Gasteiger partial charge in [-0.15, -0.1) is 0 Å². The number of fused-ring (bicyclic) bond motifs is 1. The number of aromatic nitrogens is 1. The zero-order valence-corrected chi connectivity index (χ0v) is 31.5. The first-order valence-corrected chi connectivity index (χ1v) is 19.3. The van der Waals surface area contributed by atoms with Gasteiger partial charge in [0.05, 0.1) is 34.0 Å². The van der Waals surface area contributed by atoms with Crippen LogP contribution >= 0.6 is 0 Å². The minimum atomic E-state index is -1.11. The summed E-state index contributed by atoms with van der Waals surface area (Å²) in [6, 6.07) is 19.2. The van der Waals surface area contributed by atoms with E-state index < -0.39 is 35.5 Å². The van der Waals surface area contributed by atoms with Gasteiger partial charge < -0.3 is 14.7 Å². The second-order valence-corrected chi connectivity index (χ2v) is 16.2. The molecule has 3 aliphatic heterocycles. The van der Waals surface area contributed by atoms with Crippen molar-refractivity contribution in [1.29, 1.82) is 5.26 Å². The topological polar surface area (TPSA) is 152 Å². The lowest BCUT2D eigenvalue weighted by molar-refractivity contribution is -0.136. The van der Waals surface area contributed by atoms with Crippen molar-refractivity contribution in [3.8, 4) is 17.2 Å². The van der Waals surface area contributed by atoms with Crippen molar-refractivity contribution < 1.29 is 28.1 Å². The minimum Gasteiger partial charge on any atom is -0.380 e. The molecular weight excluding hydrogens is 714 g/mol. The normalized spacial score (nSPS) is 22.9. The highest BCUT2D eigenvalue weighted by Crippen LogP contribution is 2.48. The summed E-state index contributed by atoms with van der Waals surface area (Å²) >= 11 is 0. The van der Waals surface area contributed by atoms with Gasteiger partial charge >= 0.3 is 0 Å². The van der Waals surface area contributed by atoms with Gasteiger partial charge in [-0.3, -0.25) is 34.3 Å². The molecule has 4 amide bonds. The highest BCUT2D eigenvalue weighted by atomic mass is 19.1. The summed E-state index contributed by atoms with van der Waals surface area (Å²) in [5.74, 6) is -2.00. The Morgan fingerprint density at radius 1 is 1.00 bits per heavy atom. The van der Waals surface area contributed by atoms with Gasteiger partial charge in [-0.05, 0) is 99.9 Å². The molecule has 9 rings (SSSR count). The zero-order valence-electron chi connectivity index (χ0n) is 31.5. The number of hydrogen-bond acceptors (Lipinski definition) is 10. The SMILES string of the molecule is Cc1ccc(-c2c(C)noc2C)cc1N(CC1CN(C2CC(Nc3cc4c(cc3F)C(=O)N([C@@H]3CCC(=O)NC3=O)C4=O)C2)C1)c1ccc(C2(C#N)CC2)cc1. The first-order valence-electron chi connectivity index (χ1n) is 19.3. The minimum absolute atomic E-state index is 0.00190. The molecule has 4 aromatic rings. The third-order valence-electron chi connectivity index (χ3n) is 12.5. The standard InChI is InChI=1S/C43H42FN7O5/c1-23-4-5-27(39-24(2)48-56-25(39)3)14-37(23)50(30-8-6-28(7-9-30)43(22-45)12-13-43)21-26-19-49(20-26)31-15-29(16-31)46-35-18-33-32(17-34(35)44)41(54)51(42(33)55)36-10-11-38(52)47-40(36)53/h4-9,14,17-18,26,29,31,36,46H,10-13,15-16,19-21H2,1-3H3,(H,47,52,53)/t29?,31?,36-/m1/s1. The quantitative estimate of drug-likeness (QED) is 0.182.